The fourth-order valence-corrected chi connectivity index (χ4v) is 3.86. The minimum Gasteiger partial charge on any atom is -0.370 e. The fraction of sp³-hybridized carbons (Fsp3) is 0.304. The Labute approximate surface area is 186 Å². The molecule has 3 rings (SSSR count). The Bertz CT molecular complexity index is 917. The maximum Gasteiger partial charge on any atom is 0.131 e. The lowest BCUT2D eigenvalue weighted by atomic mass is 9.86. The molecule has 4 nitrogen and oxygen atoms in total. The molecule has 0 fully saturated rings. The van der Waals surface area contributed by atoms with Crippen LogP contribution < -0.4 is 10.6 Å². The number of nitrogens with one attached hydrogen (secondary N) is 2. The predicted molar refractivity (Wildman–Crippen MR) is 126 cm³/mol. The van der Waals surface area contributed by atoms with Crippen LogP contribution in [-0.2, 0) is 6.42 Å². The summed E-state index contributed by atoms with van der Waals surface area (Å²) in [6.45, 7) is 5.22. The van der Waals surface area contributed by atoms with Gasteiger partial charge in [0.25, 0.3) is 0 Å². The van der Waals surface area contributed by atoms with Gasteiger partial charge < -0.3 is 10.6 Å². The average Bonchev–Trinajstić information content (AvgIpc) is 2.72. The lowest BCUT2D eigenvalue weighted by molar-refractivity contribution is 0.594. The predicted octanol–water partition coefficient (Wildman–Crippen LogP) is 6.54. The quantitative estimate of drug-likeness (QED) is 0.370. The molecule has 0 saturated carbocycles. The van der Waals surface area contributed by atoms with E-state index in [4.69, 9.17) is 11.6 Å². The molecule has 0 saturated heterocycles. The van der Waals surface area contributed by atoms with Gasteiger partial charge in [0.15, 0.2) is 0 Å². The summed E-state index contributed by atoms with van der Waals surface area (Å²) in [5.41, 5.74) is 2.52. The minimum absolute atomic E-state index is 0.161. The summed E-state index contributed by atoms with van der Waals surface area (Å²) in [5.74, 6) is 1.92. The van der Waals surface area contributed by atoms with Crippen molar-refractivity contribution in [3.8, 4) is 0 Å². The highest BCUT2D eigenvalue weighted by Crippen LogP contribution is 2.29. The highest BCUT2D eigenvalue weighted by molar-refractivity contribution is 9.10. The summed E-state index contributed by atoms with van der Waals surface area (Å²) in [4.78, 5) is 8.70. The molecule has 2 N–H and O–H groups in total. The Morgan fingerprint density at radius 3 is 2.52 bits per heavy atom. The molecule has 1 heterocycles. The molecule has 3 aromatic rings. The highest BCUT2D eigenvalue weighted by atomic mass is 79.9. The Balaban J connectivity index is 1.82. The van der Waals surface area contributed by atoms with Crippen molar-refractivity contribution in [1.29, 1.82) is 0 Å². The van der Waals surface area contributed by atoms with Crippen molar-refractivity contribution in [3.63, 3.8) is 0 Å². The van der Waals surface area contributed by atoms with E-state index in [1.807, 2.05) is 18.2 Å². The first-order valence-corrected chi connectivity index (χ1v) is 11.0. The van der Waals surface area contributed by atoms with Gasteiger partial charge in [0.05, 0.1) is 0 Å². The lowest BCUT2D eigenvalue weighted by Crippen LogP contribution is -2.26. The van der Waals surface area contributed by atoms with Gasteiger partial charge in [-0.25, -0.2) is 9.97 Å². The Morgan fingerprint density at radius 2 is 1.79 bits per heavy atom. The number of benzene rings is 2. The maximum absolute atomic E-state index is 6.07. The molecule has 1 aromatic heterocycles. The third kappa shape index (κ3) is 6.44. The topological polar surface area (TPSA) is 49.8 Å². The Morgan fingerprint density at radius 1 is 1.03 bits per heavy atom. The van der Waals surface area contributed by atoms with Gasteiger partial charge in [-0.05, 0) is 55.2 Å². The highest BCUT2D eigenvalue weighted by Gasteiger charge is 2.21. The SMILES string of the molecule is CCCNc1cc(N[C@@H](C)[C@@H](Cc2ccc(Cl)cc2)c2cccc(Br)c2)ncn1. The third-order valence-corrected chi connectivity index (χ3v) is 5.59. The van der Waals surface area contributed by atoms with Gasteiger partial charge in [0.1, 0.15) is 18.0 Å². The largest absolute Gasteiger partial charge is 0.370 e. The van der Waals surface area contributed by atoms with Crippen molar-refractivity contribution in [2.45, 2.75) is 38.6 Å². The number of rotatable bonds is 9. The first-order chi connectivity index (χ1) is 14.0. The summed E-state index contributed by atoms with van der Waals surface area (Å²) < 4.78 is 1.08. The van der Waals surface area contributed by atoms with Crippen LogP contribution in [0, 0.1) is 0 Å². The van der Waals surface area contributed by atoms with E-state index in [2.05, 4.69) is 86.8 Å². The molecule has 0 aliphatic carbocycles. The van der Waals surface area contributed by atoms with E-state index in [0.717, 1.165) is 40.5 Å². The van der Waals surface area contributed by atoms with Gasteiger partial charge in [-0.1, -0.05) is 58.7 Å². The Kier molecular flexibility index (Phi) is 7.90. The summed E-state index contributed by atoms with van der Waals surface area (Å²) in [6.07, 6.45) is 3.55. The second-order valence-electron chi connectivity index (χ2n) is 7.14. The third-order valence-electron chi connectivity index (χ3n) is 4.85. The van der Waals surface area contributed by atoms with E-state index in [9.17, 15) is 0 Å². The van der Waals surface area contributed by atoms with Gasteiger partial charge in [-0.15, -0.1) is 0 Å². The molecule has 0 spiro atoms. The maximum atomic E-state index is 6.07. The van der Waals surface area contributed by atoms with Crippen LogP contribution in [0.2, 0.25) is 5.02 Å². The zero-order valence-corrected chi connectivity index (χ0v) is 19.0. The van der Waals surface area contributed by atoms with E-state index >= 15 is 0 Å². The first-order valence-electron chi connectivity index (χ1n) is 9.87. The van der Waals surface area contributed by atoms with Gasteiger partial charge >= 0.3 is 0 Å². The van der Waals surface area contributed by atoms with Gasteiger partial charge in [0.2, 0.25) is 0 Å². The molecule has 0 bridgehead atoms. The Hall–Kier alpha value is -2.11. The van der Waals surface area contributed by atoms with Crippen LogP contribution in [0.1, 0.15) is 37.3 Å². The van der Waals surface area contributed by atoms with Crippen molar-refractivity contribution in [2.24, 2.45) is 0 Å². The average molecular weight is 474 g/mol. The van der Waals surface area contributed by atoms with Crippen LogP contribution in [0.4, 0.5) is 11.6 Å². The lowest BCUT2D eigenvalue weighted by Gasteiger charge is -2.26. The molecule has 0 amide bonds. The molecule has 0 aliphatic heterocycles. The number of anilines is 2. The molecule has 2 atom stereocenters. The smallest absolute Gasteiger partial charge is 0.131 e. The molecular weight excluding hydrogens is 448 g/mol. The molecule has 0 aliphatic rings. The van der Waals surface area contributed by atoms with E-state index < -0.39 is 0 Å². The minimum atomic E-state index is 0.161. The van der Waals surface area contributed by atoms with Crippen molar-refractivity contribution >= 4 is 39.2 Å². The number of halogens is 2. The number of aromatic nitrogens is 2. The van der Waals surface area contributed by atoms with Crippen molar-refractivity contribution in [3.05, 3.63) is 81.5 Å². The van der Waals surface area contributed by atoms with Crippen LogP contribution in [0.3, 0.4) is 0 Å². The van der Waals surface area contributed by atoms with Gasteiger partial charge in [0, 0.05) is 34.1 Å². The van der Waals surface area contributed by atoms with E-state index in [1.54, 1.807) is 6.33 Å². The van der Waals surface area contributed by atoms with Crippen molar-refractivity contribution < 1.29 is 0 Å². The van der Waals surface area contributed by atoms with Crippen LogP contribution in [0.25, 0.3) is 0 Å². The van der Waals surface area contributed by atoms with Crippen LogP contribution in [0.15, 0.2) is 65.4 Å². The summed E-state index contributed by atoms with van der Waals surface area (Å²) in [7, 11) is 0. The van der Waals surface area contributed by atoms with E-state index in [0.29, 0.717) is 0 Å². The molecule has 152 valence electrons. The zero-order valence-electron chi connectivity index (χ0n) is 16.7. The fourth-order valence-electron chi connectivity index (χ4n) is 3.31. The molecule has 6 heteroatoms. The number of hydrogen-bond donors (Lipinski definition) is 2. The number of hydrogen-bond acceptors (Lipinski definition) is 4. The van der Waals surface area contributed by atoms with Gasteiger partial charge in [-0.3, -0.25) is 0 Å². The monoisotopic (exact) mass is 472 g/mol. The van der Waals surface area contributed by atoms with Crippen molar-refractivity contribution in [2.75, 3.05) is 17.2 Å². The second kappa shape index (κ2) is 10.6. The molecule has 29 heavy (non-hydrogen) atoms. The van der Waals surface area contributed by atoms with E-state index in [-0.39, 0.29) is 12.0 Å². The molecule has 0 radical (unpaired) electrons. The van der Waals surface area contributed by atoms with Crippen LogP contribution in [-0.4, -0.2) is 22.6 Å². The van der Waals surface area contributed by atoms with Crippen LogP contribution in [0.5, 0.6) is 0 Å². The summed E-state index contributed by atoms with van der Waals surface area (Å²) in [6, 6.07) is 18.7. The molecule has 0 unspecified atom stereocenters. The van der Waals surface area contributed by atoms with Gasteiger partial charge in [-0.2, -0.15) is 0 Å². The van der Waals surface area contributed by atoms with Crippen LogP contribution >= 0.6 is 27.5 Å². The number of nitrogens with zero attached hydrogens (tertiary/aromatic N) is 2. The molecular formula is C23H26BrClN4. The van der Waals surface area contributed by atoms with E-state index in [1.165, 1.54) is 11.1 Å². The normalized spacial score (nSPS) is 13.0. The molecule has 2 aromatic carbocycles. The zero-order chi connectivity index (χ0) is 20.6. The standard InChI is InChI=1S/C23H26BrClN4/c1-3-11-26-22-14-23(28-15-27-22)29-16(2)21(18-5-4-6-19(24)13-18)12-17-7-9-20(25)10-8-17/h4-10,13-16,21H,3,11-12H2,1-2H3,(H2,26,27,28,29)/t16-,21+/m0/s1. The summed E-state index contributed by atoms with van der Waals surface area (Å²) >= 11 is 9.68. The van der Waals surface area contributed by atoms with Crippen molar-refractivity contribution in [1.82, 2.24) is 9.97 Å². The second-order valence-corrected chi connectivity index (χ2v) is 8.49. The first kappa shape index (κ1) is 21.6. The summed E-state index contributed by atoms with van der Waals surface area (Å²) in [5, 5.41) is 7.64.